The van der Waals surface area contributed by atoms with Gasteiger partial charge < -0.3 is 14.4 Å². The predicted molar refractivity (Wildman–Crippen MR) is 99.6 cm³/mol. The maximum absolute atomic E-state index is 13.1. The Hall–Kier alpha value is -2.21. The molecule has 3 heterocycles. The maximum Gasteiger partial charge on any atom is 0.331 e. The molecule has 3 aliphatic heterocycles. The highest BCUT2D eigenvalue weighted by atomic mass is 32.2. The Morgan fingerprint density at radius 3 is 2.35 bits per heavy atom. The zero-order chi connectivity index (χ0) is 18.5. The summed E-state index contributed by atoms with van der Waals surface area (Å²) in [6.45, 7) is 3.76. The summed E-state index contributed by atoms with van der Waals surface area (Å²) in [7, 11) is 0. The number of benzene rings is 1. The van der Waals surface area contributed by atoms with E-state index in [1.807, 2.05) is 36.6 Å². The van der Waals surface area contributed by atoms with Gasteiger partial charge in [0.05, 0.1) is 5.03 Å². The normalized spacial score (nSPS) is 23.5. The first-order valence-electron chi connectivity index (χ1n) is 8.67. The Morgan fingerprint density at radius 1 is 1.08 bits per heavy atom. The maximum atomic E-state index is 13.1. The Balaban J connectivity index is 1.92. The Morgan fingerprint density at radius 2 is 1.73 bits per heavy atom. The molecule has 0 N–H and O–H groups in total. The van der Waals surface area contributed by atoms with Gasteiger partial charge in [-0.25, -0.2) is 0 Å². The monoisotopic (exact) mass is 371 g/mol. The quantitative estimate of drug-likeness (QED) is 0.586. The Labute approximate surface area is 157 Å². The van der Waals surface area contributed by atoms with Crippen LogP contribution in [0.3, 0.4) is 0 Å². The van der Waals surface area contributed by atoms with Crippen molar-refractivity contribution in [3.63, 3.8) is 0 Å². The van der Waals surface area contributed by atoms with Gasteiger partial charge >= 0.3 is 11.9 Å². The van der Waals surface area contributed by atoms with E-state index in [4.69, 9.17) is 9.47 Å². The molecule has 0 aliphatic carbocycles. The van der Waals surface area contributed by atoms with E-state index in [1.54, 1.807) is 25.6 Å². The molecule has 0 atom stereocenters. The first-order valence-corrected chi connectivity index (χ1v) is 9.89. The first-order chi connectivity index (χ1) is 12.4. The number of allylic oxidation sites excluding steroid dienone is 1. The number of hydrogen-bond donors (Lipinski definition) is 0. The zero-order valence-corrected chi connectivity index (χ0v) is 15.9. The van der Waals surface area contributed by atoms with Crippen molar-refractivity contribution in [3.8, 4) is 0 Å². The van der Waals surface area contributed by atoms with E-state index in [9.17, 15) is 9.59 Å². The lowest BCUT2D eigenvalue weighted by molar-refractivity contribution is -0.246. The summed E-state index contributed by atoms with van der Waals surface area (Å²) >= 11 is 1.67. The van der Waals surface area contributed by atoms with E-state index in [1.165, 1.54) is 0 Å². The molecule has 0 bridgehead atoms. The molecule has 0 saturated carbocycles. The average molecular weight is 371 g/mol. The number of thioether (sulfide) groups is 1. The van der Waals surface area contributed by atoms with Gasteiger partial charge in [0.1, 0.15) is 0 Å². The van der Waals surface area contributed by atoms with Gasteiger partial charge in [-0.2, -0.15) is 0 Å². The van der Waals surface area contributed by atoms with E-state index in [0.29, 0.717) is 19.4 Å². The molecule has 0 radical (unpaired) electrons. The Kier molecular flexibility index (Phi) is 3.91. The molecule has 5 nitrogen and oxygen atoms in total. The van der Waals surface area contributed by atoms with Crippen LogP contribution in [0.4, 0.5) is 0 Å². The number of carbonyl (C=O) groups excluding carboxylic acids is 2. The minimum Gasteiger partial charge on any atom is -0.422 e. The summed E-state index contributed by atoms with van der Waals surface area (Å²) in [5.41, 5.74) is 1.16. The van der Waals surface area contributed by atoms with Crippen molar-refractivity contribution in [1.82, 2.24) is 4.90 Å². The highest BCUT2D eigenvalue weighted by Gasteiger charge is 2.61. The fraction of sp³-hybridized carbons (Fsp3) is 0.400. The van der Waals surface area contributed by atoms with Gasteiger partial charge in [-0.15, -0.1) is 11.8 Å². The van der Waals surface area contributed by atoms with Crippen LogP contribution in [0.1, 0.15) is 32.3 Å². The number of esters is 2. The summed E-state index contributed by atoms with van der Waals surface area (Å²) < 4.78 is 11.1. The van der Waals surface area contributed by atoms with Crippen LogP contribution in [0.15, 0.2) is 47.1 Å². The number of ether oxygens (including phenoxy) is 2. The van der Waals surface area contributed by atoms with E-state index in [-0.39, 0.29) is 0 Å². The van der Waals surface area contributed by atoms with Gasteiger partial charge in [0, 0.05) is 38.1 Å². The lowest BCUT2D eigenvalue weighted by atomic mass is 9.70. The van der Waals surface area contributed by atoms with Crippen LogP contribution in [0.25, 0.3) is 5.57 Å². The number of carbonyl (C=O) groups is 2. The number of cyclic esters (lactones) is 2. The average Bonchev–Trinajstić information content (AvgIpc) is 3.02. The van der Waals surface area contributed by atoms with Crippen molar-refractivity contribution >= 4 is 29.3 Å². The molecule has 0 unspecified atom stereocenters. The first kappa shape index (κ1) is 17.2. The van der Waals surface area contributed by atoms with Gasteiger partial charge in [-0.3, -0.25) is 9.59 Å². The molecule has 4 rings (SSSR count). The van der Waals surface area contributed by atoms with E-state index in [2.05, 4.69) is 11.0 Å². The zero-order valence-electron chi connectivity index (χ0n) is 15.1. The molecule has 3 aliphatic rings. The molecule has 26 heavy (non-hydrogen) atoms. The molecule has 136 valence electrons. The summed E-state index contributed by atoms with van der Waals surface area (Å²) in [5, 5.41) is 1.15. The lowest BCUT2D eigenvalue weighted by Gasteiger charge is -2.46. The van der Waals surface area contributed by atoms with Crippen molar-refractivity contribution < 1.29 is 19.1 Å². The third-order valence-electron chi connectivity index (χ3n) is 5.13. The lowest BCUT2D eigenvalue weighted by Crippen LogP contribution is -2.57. The van der Waals surface area contributed by atoms with Gasteiger partial charge in [-0.1, -0.05) is 30.3 Å². The number of nitrogens with zero attached hydrogens (tertiary/aromatic N) is 1. The molecule has 0 aromatic heterocycles. The molecule has 1 saturated heterocycles. The van der Waals surface area contributed by atoms with Crippen LogP contribution in [-0.2, 0) is 19.1 Å². The van der Waals surface area contributed by atoms with Crippen LogP contribution >= 0.6 is 11.8 Å². The fourth-order valence-corrected chi connectivity index (χ4v) is 4.69. The van der Waals surface area contributed by atoms with Crippen LogP contribution in [0.5, 0.6) is 0 Å². The highest BCUT2D eigenvalue weighted by Crippen LogP contribution is 2.53. The summed E-state index contributed by atoms with van der Waals surface area (Å²) in [4.78, 5) is 28.5. The number of hydrogen-bond acceptors (Lipinski definition) is 6. The summed E-state index contributed by atoms with van der Waals surface area (Å²) in [6, 6.07) is 9.62. The number of rotatable bonds is 2. The van der Waals surface area contributed by atoms with Crippen molar-refractivity contribution in [2.24, 2.45) is 5.41 Å². The van der Waals surface area contributed by atoms with Crippen LogP contribution < -0.4 is 0 Å². The van der Waals surface area contributed by atoms with E-state index >= 15 is 0 Å². The molecule has 1 aromatic carbocycles. The molecule has 6 heteroatoms. The summed E-state index contributed by atoms with van der Waals surface area (Å²) in [5.74, 6) is -2.26. The second kappa shape index (κ2) is 5.91. The van der Waals surface area contributed by atoms with Gasteiger partial charge in [0.15, 0.2) is 5.41 Å². The van der Waals surface area contributed by atoms with Crippen molar-refractivity contribution in [2.45, 2.75) is 32.5 Å². The predicted octanol–water partition coefficient (Wildman–Crippen LogP) is 3.53. The van der Waals surface area contributed by atoms with Crippen molar-refractivity contribution in [1.29, 1.82) is 0 Å². The minimum atomic E-state index is -1.40. The fourth-order valence-electron chi connectivity index (χ4n) is 4.01. The Bertz CT molecular complexity index is 821. The van der Waals surface area contributed by atoms with Crippen molar-refractivity contribution in [3.05, 3.63) is 52.7 Å². The SMILES string of the molecule is CSC1=CCC2=C(c3ccccc3)C3(CCN12)C(=O)OC(C)(C)OC3=O. The number of fused-ring (bicyclic) bond motifs is 1. The molecular formula is C20H21NO4S. The highest BCUT2D eigenvalue weighted by molar-refractivity contribution is 8.02. The third kappa shape index (κ3) is 2.39. The topological polar surface area (TPSA) is 55.8 Å². The molecule has 1 spiro atoms. The second-order valence-corrected chi connectivity index (χ2v) is 7.95. The van der Waals surface area contributed by atoms with Crippen LogP contribution in [-0.4, -0.2) is 35.4 Å². The van der Waals surface area contributed by atoms with E-state index < -0.39 is 23.1 Å². The molecular weight excluding hydrogens is 350 g/mol. The molecule has 1 fully saturated rings. The minimum absolute atomic E-state index is 0.340. The molecule has 0 amide bonds. The second-order valence-electron chi connectivity index (χ2n) is 7.12. The van der Waals surface area contributed by atoms with Gasteiger partial charge in [0.2, 0.25) is 0 Å². The summed E-state index contributed by atoms with van der Waals surface area (Å²) in [6.07, 6.45) is 5.21. The van der Waals surface area contributed by atoms with Crippen LogP contribution in [0.2, 0.25) is 0 Å². The van der Waals surface area contributed by atoms with Crippen LogP contribution in [0, 0.1) is 5.41 Å². The standard InChI is InChI=1S/C20H21NO4S/c1-19(2)24-17(22)20(18(23)25-19)11-12-21-14(9-10-15(21)26-3)16(20)13-7-5-4-6-8-13/h4-8,10H,9,11-12H2,1-3H3. The van der Waals surface area contributed by atoms with E-state index in [0.717, 1.165) is 21.9 Å². The van der Waals surface area contributed by atoms with Gasteiger partial charge in [0.25, 0.3) is 5.79 Å². The molecule has 1 aromatic rings. The van der Waals surface area contributed by atoms with Gasteiger partial charge in [-0.05, 0) is 24.3 Å². The third-order valence-corrected chi connectivity index (χ3v) is 5.94. The smallest absolute Gasteiger partial charge is 0.331 e. The van der Waals surface area contributed by atoms with Crippen molar-refractivity contribution in [2.75, 3.05) is 12.8 Å². The largest absolute Gasteiger partial charge is 0.422 e.